The van der Waals surface area contributed by atoms with Gasteiger partial charge in [-0.1, -0.05) is 23.2 Å². The van der Waals surface area contributed by atoms with Gasteiger partial charge < -0.3 is 5.73 Å². The van der Waals surface area contributed by atoms with E-state index in [9.17, 15) is 8.42 Å². The van der Waals surface area contributed by atoms with Crippen LogP contribution in [0.3, 0.4) is 0 Å². The zero-order valence-corrected chi connectivity index (χ0v) is 12.1. The lowest BCUT2D eigenvalue weighted by Gasteiger charge is -2.12. The predicted octanol–water partition coefficient (Wildman–Crippen LogP) is 2.04. The molecule has 1 atom stereocenters. The molecule has 1 rings (SSSR count). The molecule has 0 aliphatic rings. The molecule has 0 saturated heterocycles. The highest BCUT2D eigenvalue weighted by Crippen LogP contribution is 2.24. The molecule has 1 aromatic carbocycles. The van der Waals surface area contributed by atoms with Crippen LogP contribution >= 0.6 is 35.6 Å². The second-order valence-electron chi connectivity index (χ2n) is 3.33. The minimum absolute atomic E-state index is 0. The zero-order chi connectivity index (χ0) is 12.3. The Morgan fingerprint density at radius 3 is 2.41 bits per heavy atom. The summed E-state index contributed by atoms with van der Waals surface area (Å²) in [5.74, 6) is 0. The van der Waals surface area contributed by atoms with Crippen LogP contribution in [0.4, 0.5) is 0 Å². The van der Waals surface area contributed by atoms with E-state index >= 15 is 0 Å². The van der Waals surface area contributed by atoms with Crippen LogP contribution in [-0.4, -0.2) is 21.0 Å². The lowest BCUT2D eigenvalue weighted by atomic mass is 10.4. The van der Waals surface area contributed by atoms with Crippen molar-refractivity contribution >= 4 is 45.6 Å². The molecule has 0 aliphatic carbocycles. The minimum Gasteiger partial charge on any atom is -0.329 e. The molecular formula is C9H13Cl3N2O2S. The van der Waals surface area contributed by atoms with E-state index in [2.05, 4.69) is 4.72 Å². The van der Waals surface area contributed by atoms with Crippen molar-refractivity contribution in [2.24, 2.45) is 5.73 Å². The molecule has 17 heavy (non-hydrogen) atoms. The number of rotatable bonds is 4. The predicted molar refractivity (Wildman–Crippen MR) is 72.5 cm³/mol. The fourth-order valence-corrected chi connectivity index (χ4v) is 2.67. The first-order valence-corrected chi connectivity index (χ1v) is 6.78. The van der Waals surface area contributed by atoms with Gasteiger partial charge in [-0.05, 0) is 25.1 Å². The second kappa shape index (κ2) is 6.78. The molecule has 8 heteroatoms. The van der Waals surface area contributed by atoms with Crippen LogP contribution in [0.25, 0.3) is 0 Å². The summed E-state index contributed by atoms with van der Waals surface area (Å²) in [5.41, 5.74) is 5.34. The molecule has 0 aliphatic heterocycles. The van der Waals surface area contributed by atoms with Gasteiger partial charge in [0, 0.05) is 12.6 Å². The van der Waals surface area contributed by atoms with Crippen LogP contribution in [0.5, 0.6) is 0 Å². The van der Waals surface area contributed by atoms with Crippen LogP contribution in [0, 0.1) is 0 Å². The average molecular weight is 320 g/mol. The summed E-state index contributed by atoms with van der Waals surface area (Å²) in [7, 11) is -3.58. The molecule has 0 heterocycles. The Bertz CT molecular complexity index is 479. The summed E-state index contributed by atoms with van der Waals surface area (Å²) < 4.78 is 26.0. The van der Waals surface area contributed by atoms with Gasteiger partial charge in [-0.3, -0.25) is 0 Å². The maximum absolute atomic E-state index is 11.8. The average Bonchev–Trinajstić information content (AvgIpc) is 2.21. The molecule has 1 aromatic rings. The molecule has 0 fully saturated rings. The number of hydrogen-bond donors (Lipinski definition) is 2. The number of sulfonamides is 1. The third kappa shape index (κ3) is 4.62. The van der Waals surface area contributed by atoms with Gasteiger partial charge in [-0.2, -0.15) is 0 Å². The van der Waals surface area contributed by atoms with Gasteiger partial charge in [-0.25, -0.2) is 13.1 Å². The SMILES string of the molecule is C[C@@H](CN)NS(=O)(=O)c1ccc(Cl)c(Cl)c1.Cl. The molecule has 0 saturated carbocycles. The lowest BCUT2D eigenvalue weighted by molar-refractivity contribution is 0.562. The van der Waals surface area contributed by atoms with Crippen molar-refractivity contribution in [3.05, 3.63) is 28.2 Å². The van der Waals surface area contributed by atoms with Gasteiger partial charge in [0.25, 0.3) is 0 Å². The molecular weight excluding hydrogens is 307 g/mol. The Labute approximate surface area is 117 Å². The Morgan fingerprint density at radius 2 is 1.94 bits per heavy atom. The zero-order valence-electron chi connectivity index (χ0n) is 8.98. The molecule has 0 radical (unpaired) electrons. The van der Waals surface area contributed by atoms with E-state index in [0.29, 0.717) is 5.02 Å². The highest BCUT2D eigenvalue weighted by Gasteiger charge is 2.17. The maximum Gasteiger partial charge on any atom is 0.240 e. The number of hydrogen-bond acceptors (Lipinski definition) is 3. The standard InChI is InChI=1S/C9H12Cl2N2O2S.ClH/c1-6(5-12)13-16(14,15)7-2-3-8(10)9(11)4-7;/h2-4,6,13H,5,12H2,1H3;1H/t6-;/m0./s1. The van der Waals surface area contributed by atoms with E-state index < -0.39 is 10.0 Å². The second-order valence-corrected chi connectivity index (χ2v) is 5.86. The molecule has 0 amide bonds. The molecule has 0 spiro atoms. The van der Waals surface area contributed by atoms with Crippen molar-refractivity contribution in [2.75, 3.05) is 6.54 Å². The fraction of sp³-hybridized carbons (Fsp3) is 0.333. The van der Waals surface area contributed by atoms with E-state index in [1.807, 2.05) is 0 Å². The van der Waals surface area contributed by atoms with Crippen molar-refractivity contribution in [1.29, 1.82) is 0 Å². The van der Waals surface area contributed by atoms with Gasteiger partial charge >= 0.3 is 0 Å². The molecule has 0 bridgehead atoms. The fourth-order valence-electron chi connectivity index (χ4n) is 1.03. The van der Waals surface area contributed by atoms with E-state index in [1.54, 1.807) is 6.92 Å². The van der Waals surface area contributed by atoms with Gasteiger partial charge in [0.2, 0.25) is 10.0 Å². The quantitative estimate of drug-likeness (QED) is 0.892. The molecule has 0 aromatic heterocycles. The first kappa shape index (κ1) is 17.0. The Hall–Kier alpha value is -0.0400. The monoisotopic (exact) mass is 318 g/mol. The smallest absolute Gasteiger partial charge is 0.240 e. The summed E-state index contributed by atoms with van der Waals surface area (Å²) in [6, 6.07) is 3.79. The summed E-state index contributed by atoms with van der Waals surface area (Å²) in [6.07, 6.45) is 0. The van der Waals surface area contributed by atoms with Crippen molar-refractivity contribution in [2.45, 2.75) is 17.9 Å². The van der Waals surface area contributed by atoms with E-state index in [0.717, 1.165) is 0 Å². The number of nitrogens with one attached hydrogen (secondary N) is 1. The summed E-state index contributed by atoms with van der Waals surface area (Å²) in [6.45, 7) is 1.90. The maximum atomic E-state index is 11.8. The first-order chi connectivity index (χ1) is 7.36. The molecule has 4 nitrogen and oxygen atoms in total. The van der Waals surface area contributed by atoms with Crippen LogP contribution in [0.1, 0.15) is 6.92 Å². The largest absolute Gasteiger partial charge is 0.329 e. The Balaban J connectivity index is 0.00000256. The van der Waals surface area contributed by atoms with Crippen LogP contribution in [-0.2, 0) is 10.0 Å². The van der Waals surface area contributed by atoms with E-state index in [4.69, 9.17) is 28.9 Å². The van der Waals surface area contributed by atoms with Crippen molar-refractivity contribution in [3.63, 3.8) is 0 Å². The summed E-state index contributed by atoms with van der Waals surface area (Å²) in [5, 5.41) is 0.512. The topological polar surface area (TPSA) is 72.2 Å². The number of nitrogens with two attached hydrogens (primary N) is 1. The van der Waals surface area contributed by atoms with Crippen molar-refractivity contribution < 1.29 is 8.42 Å². The Morgan fingerprint density at radius 1 is 1.35 bits per heavy atom. The lowest BCUT2D eigenvalue weighted by Crippen LogP contribution is -2.37. The number of halogens is 3. The summed E-state index contributed by atoms with van der Waals surface area (Å²) >= 11 is 11.4. The van der Waals surface area contributed by atoms with Crippen molar-refractivity contribution in [3.8, 4) is 0 Å². The highest BCUT2D eigenvalue weighted by molar-refractivity contribution is 7.89. The van der Waals surface area contributed by atoms with Gasteiger partial charge in [0.15, 0.2) is 0 Å². The third-order valence-electron chi connectivity index (χ3n) is 1.91. The van der Waals surface area contributed by atoms with Gasteiger partial charge in [-0.15, -0.1) is 12.4 Å². The molecule has 3 N–H and O–H groups in total. The van der Waals surface area contributed by atoms with Gasteiger partial charge in [0.1, 0.15) is 0 Å². The first-order valence-electron chi connectivity index (χ1n) is 4.54. The van der Waals surface area contributed by atoms with E-state index in [1.165, 1.54) is 18.2 Å². The van der Waals surface area contributed by atoms with Crippen molar-refractivity contribution in [1.82, 2.24) is 4.72 Å². The molecule has 0 unspecified atom stereocenters. The van der Waals surface area contributed by atoms with Crippen LogP contribution in [0.2, 0.25) is 10.0 Å². The summed E-state index contributed by atoms with van der Waals surface area (Å²) in [4.78, 5) is 0.0715. The normalized spacial score (nSPS) is 12.9. The van der Waals surface area contributed by atoms with Crippen LogP contribution in [0.15, 0.2) is 23.1 Å². The third-order valence-corrected chi connectivity index (χ3v) is 4.24. The number of benzene rings is 1. The Kier molecular flexibility index (Phi) is 6.76. The van der Waals surface area contributed by atoms with Crippen LogP contribution < -0.4 is 10.5 Å². The minimum atomic E-state index is -3.58. The molecule has 98 valence electrons. The van der Waals surface area contributed by atoms with E-state index in [-0.39, 0.29) is 34.9 Å². The van der Waals surface area contributed by atoms with Gasteiger partial charge in [0.05, 0.1) is 14.9 Å². The highest BCUT2D eigenvalue weighted by atomic mass is 35.5.